The minimum absolute atomic E-state index is 0.00720. The van der Waals surface area contributed by atoms with Gasteiger partial charge in [-0.2, -0.15) is 0 Å². The molecule has 4 aromatic rings. The number of aromatic amines is 1. The van der Waals surface area contributed by atoms with Gasteiger partial charge in [-0.15, -0.1) is 0 Å². The molecular formula is C30H34N4O5. The zero-order valence-electron chi connectivity index (χ0n) is 22.2. The van der Waals surface area contributed by atoms with Crippen LogP contribution in [0.4, 0.5) is 0 Å². The van der Waals surface area contributed by atoms with E-state index in [4.69, 9.17) is 9.47 Å². The van der Waals surface area contributed by atoms with Crippen LogP contribution in [0.15, 0.2) is 77.4 Å². The molecule has 0 unspecified atom stereocenters. The maximum Gasteiger partial charge on any atom is 0.286 e. The van der Waals surface area contributed by atoms with Crippen LogP contribution in [0.5, 0.6) is 0 Å². The van der Waals surface area contributed by atoms with Gasteiger partial charge in [-0.1, -0.05) is 36.4 Å². The summed E-state index contributed by atoms with van der Waals surface area (Å²) in [7, 11) is 1.85. The summed E-state index contributed by atoms with van der Waals surface area (Å²) in [5, 5.41) is 13.3. The number of fused-ring (bicyclic) bond motifs is 1. The summed E-state index contributed by atoms with van der Waals surface area (Å²) in [5.41, 5.74) is 4.21. The summed E-state index contributed by atoms with van der Waals surface area (Å²) in [4.78, 5) is 30.1. The molecule has 2 atom stereocenters. The Morgan fingerprint density at radius 3 is 2.74 bits per heavy atom. The Hall–Kier alpha value is -4.08. The third kappa shape index (κ3) is 5.55. The molecule has 0 saturated carbocycles. The molecule has 39 heavy (non-hydrogen) atoms. The second kappa shape index (κ2) is 11.8. The molecule has 0 spiro atoms. The van der Waals surface area contributed by atoms with E-state index in [-0.39, 0.29) is 36.4 Å². The predicted molar refractivity (Wildman–Crippen MR) is 149 cm³/mol. The van der Waals surface area contributed by atoms with E-state index >= 15 is 0 Å². The summed E-state index contributed by atoms with van der Waals surface area (Å²) in [6.45, 7) is 2.60. The lowest BCUT2D eigenvalue weighted by Crippen LogP contribution is -2.35. The number of ether oxygens (including phenoxy) is 2. The Kier molecular flexibility index (Phi) is 7.99. The van der Waals surface area contributed by atoms with Gasteiger partial charge in [-0.3, -0.25) is 14.3 Å². The van der Waals surface area contributed by atoms with Gasteiger partial charge in [0.15, 0.2) is 5.76 Å². The number of aliphatic hydroxyl groups excluding tert-OH is 1. The first-order valence-electron chi connectivity index (χ1n) is 13.3. The Morgan fingerprint density at radius 1 is 1.18 bits per heavy atom. The largest absolute Gasteiger partial charge is 0.459 e. The molecule has 0 saturated heterocycles. The number of hydrogen-bond donors (Lipinski definition) is 3. The number of hydrogen-bond acceptors (Lipinski definition) is 5. The van der Waals surface area contributed by atoms with Gasteiger partial charge >= 0.3 is 0 Å². The fraction of sp³-hybridized carbons (Fsp3) is 0.333. The molecular weight excluding hydrogens is 496 g/mol. The molecule has 3 heterocycles. The zero-order valence-corrected chi connectivity index (χ0v) is 22.2. The molecule has 204 valence electrons. The van der Waals surface area contributed by atoms with Gasteiger partial charge in [0.1, 0.15) is 0 Å². The van der Waals surface area contributed by atoms with E-state index in [2.05, 4.69) is 16.4 Å². The molecule has 9 heteroatoms. The molecule has 1 aliphatic heterocycles. The number of carbonyl (C=O) groups excluding carboxylic acids is 1. The van der Waals surface area contributed by atoms with Crippen molar-refractivity contribution in [3.8, 4) is 5.69 Å². The lowest BCUT2D eigenvalue weighted by atomic mass is 9.93. The van der Waals surface area contributed by atoms with Crippen molar-refractivity contribution in [1.29, 1.82) is 0 Å². The molecule has 2 aromatic carbocycles. The average Bonchev–Trinajstić information content (AvgIpc) is 3.46. The summed E-state index contributed by atoms with van der Waals surface area (Å²) in [6.07, 6.45) is 4.46. The number of nitrogens with zero attached hydrogens (tertiary/aromatic N) is 2. The standard InChI is InChI=1S/C30H34N4O5/c1-20-28(30(37)34(33(20)2)23-9-4-3-5-10-23)22-17-26(39-27(18-22)38-16-8-15-35)29(36)31-14-13-21-19-32-25-12-7-6-11-24(21)25/h3-7,9-12,17,19,22,27,32,35H,8,13-16,18H2,1-2H3,(H,31,36)/t22-,27+/m1/s1. The lowest BCUT2D eigenvalue weighted by Gasteiger charge is -2.28. The fourth-order valence-electron chi connectivity index (χ4n) is 5.15. The monoisotopic (exact) mass is 530 g/mol. The van der Waals surface area contributed by atoms with Crippen LogP contribution in [0.1, 0.15) is 35.6 Å². The molecule has 5 rings (SSSR count). The Labute approximate surface area is 226 Å². The summed E-state index contributed by atoms with van der Waals surface area (Å²) in [6, 6.07) is 17.5. The van der Waals surface area contributed by atoms with E-state index in [0.717, 1.165) is 27.8 Å². The van der Waals surface area contributed by atoms with E-state index in [1.54, 1.807) is 10.8 Å². The molecule has 0 bridgehead atoms. The van der Waals surface area contributed by atoms with Crippen LogP contribution in [0, 0.1) is 6.92 Å². The highest BCUT2D eigenvalue weighted by Crippen LogP contribution is 2.32. The highest BCUT2D eigenvalue weighted by molar-refractivity contribution is 5.91. The van der Waals surface area contributed by atoms with Crippen LogP contribution >= 0.6 is 0 Å². The Morgan fingerprint density at radius 2 is 1.95 bits per heavy atom. The number of carbonyl (C=O) groups is 1. The van der Waals surface area contributed by atoms with E-state index in [1.165, 1.54) is 0 Å². The van der Waals surface area contributed by atoms with E-state index in [9.17, 15) is 14.7 Å². The number of nitrogens with one attached hydrogen (secondary N) is 2. The minimum atomic E-state index is -0.718. The van der Waals surface area contributed by atoms with Gasteiger partial charge in [0.2, 0.25) is 6.29 Å². The maximum absolute atomic E-state index is 13.7. The van der Waals surface area contributed by atoms with Crippen molar-refractivity contribution in [3.05, 3.63) is 99.8 Å². The first-order chi connectivity index (χ1) is 19.0. The van der Waals surface area contributed by atoms with Gasteiger partial charge in [-0.25, -0.2) is 4.68 Å². The molecule has 9 nitrogen and oxygen atoms in total. The van der Waals surface area contributed by atoms with Gasteiger partial charge < -0.3 is 24.9 Å². The highest BCUT2D eigenvalue weighted by Gasteiger charge is 2.33. The van der Waals surface area contributed by atoms with E-state index < -0.39 is 6.29 Å². The van der Waals surface area contributed by atoms with Crippen molar-refractivity contribution in [2.45, 2.75) is 38.4 Å². The molecule has 3 N–H and O–H groups in total. The van der Waals surface area contributed by atoms with Gasteiger partial charge in [0.25, 0.3) is 11.5 Å². The van der Waals surface area contributed by atoms with Crippen molar-refractivity contribution >= 4 is 16.8 Å². The van der Waals surface area contributed by atoms with Gasteiger partial charge in [-0.05, 0) is 49.6 Å². The van der Waals surface area contributed by atoms with Crippen molar-refractivity contribution < 1.29 is 19.4 Å². The fourth-order valence-corrected chi connectivity index (χ4v) is 5.15. The van der Waals surface area contributed by atoms with Gasteiger partial charge in [0, 0.05) is 60.9 Å². The van der Waals surface area contributed by atoms with Crippen molar-refractivity contribution in [1.82, 2.24) is 19.7 Å². The topological polar surface area (TPSA) is 111 Å². The predicted octanol–water partition coefficient (Wildman–Crippen LogP) is 3.44. The van der Waals surface area contributed by atoms with Crippen molar-refractivity contribution in [2.75, 3.05) is 19.8 Å². The average molecular weight is 531 g/mol. The third-order valence-electron chi connectivity index (χ3n) is 7.21. The number of amides is 1. The van der Waals surface area contributed by atoms with Crippen LogP contribution < -0.4 is 10.9 Å². The number of para-hydroxylation sites is 2. The Balaban J connectivity index is 1.38. The highest BCUT2D eigenvalue weighted by atomic mass is 16.7. The first kappa shape index (κ1) is 26.5. The lowest BCUT2D eigenvalue weighted by molar-refractivity contribution is -0.146. The van der Waals surface area contributed by atoms with Crippen LogP contribution in [0.3, 0.4) is 0 Å². The normalized spacial score (nSPS) is 17.2. The third-order valence-corrected chi connectivity index (χ3v) is 7.21. The van der Waals surface area contributed by atoms with E-state index in [0.29, 0.717) is 31.4 Å². The van der Waals surface area contributed by atoms with Crippen molar-refractivity contribution in [3.63, 3.8) is 0 Å². The van der Waals surface area contributed by atoms with Crippen LogP contribution in [-0.4, -0.2) is 51.4 Å². The quantitative estimate of drug-likeness (QED) is 0.272. The second-order valence-corrected chi connectivity index (χ2v) is 9.71. The number of aromatic nitrogens is 3. The van der Waals surface area contributed by atoms with E-state index in [1.807, 2.05) is 73.4 Å². The van der Waals surface area contributed by atoms with Crippen LogP contribution in [0.25, 0.3) is 16.6 Å². The molecule has 0 fully saturated rings. The van der Waals surface area contributed by atoms with Crippen LogP contribution in [0.2, 0.25) is 0 Å². The molecule has 0 radical (unpaired) electrons. The maximum atomic E-state index is 13.7. The number of benzene rings is 2. The zero-order chi connectivity index (χ0) is 27.4. The second-order valence-electron chi connectivity index (χ2n) is 9.71. The molecule has 0 aliphatic carbocycles. The number of aliphatic hydroxyl groups is 1. The van der Waals surface area contributed by atoms with Crippen LogP contribution in [-0.2, 0) is 27.7 Å². The Bertz CT molecular complexity index is 1530. The smallest absolute Gasteiger partial charge is 0.286 e. The SMILES string of the molecule is Cc1c([C@@H]2C=C(C(=O)NCCc3c[nH]c4ccccc34)O[C@H](OCCCO)C2)c(=O)n(-c2ccccc2)n1C. The summed E-state index contributed by atoms with van der Waals surface area (Å²) in [5.74, 6) is -0.601. The van der Waals surface area contributed by atoms with Gasteiger partial charge in [0.05, 0.1) is 12.3 Å². The molecule has 1 amide bonds. The first-order valence-corrected chi connectivity index (χ1v) is 13.3. The number of allylic oxidation sites excluding steroid dienone is 1. The summed E-state index contributed by atoms with van der Waals surface area (Å²) >= 11 is 0. The number of H-pyrrole nitrogens is 1. The van der Waals surface area contributed by atoms with Crippen molar-refractivity contribution in [2.24, 2.45) is 7.05 Å². The molecule has 1 aliphatic rings. The molecule has 2 aromatic heterocycles. The minimum Gasteiger partial charge on any atom is -0.459 e. The summed E-state index contributed by atoms with van der Waals surface area (Å²) < 4.78 is 15.2. The number of rotatable bonds is 10.